The van der Waals surface area contributed by atoms with Crippen LogP contribution in [0.25, 0.3) is 0 Å². The molecule has 3 heteroatoms. The number of hydrogen-bond acceptors (Lipinski definition) is 2. The molecule has 1 saturated heterocycles. The summed E-state index contributed by atoms with van der Waals surface area (Å²) < 4.78 is 0. The lowest BCUT2D eigenvalue weighted by molar-refractivity contribution is -0.122. The third-order valence-electron chi connectivity index (χ3n) is 3.09. The lowest BCUT2D eigenvalue weighted by Gasteiger charge is -2.32. The fourth-order valence-corrected chi connectivity index (χ4v) is 2.27. The summed E-state index contributed by atoms with van der Waals surface area (Å²) >= 11 is 0. The number of piperidine rings is 1. The first-order valence-electron chi connectivity index (χ1n) is 6.63. The number of carbonyl (C=O) groups is 1. The first-order chi connectivity index (χ1) is 7.61. The predicted octanol–water partition coefficient (Wildman–Crippen LogP) is 2.02. The third-order valence-corrected chi connectivity index (χ3v) is 3.09. The van der Waals surface area contributed by atoms with E-state index in [1.165, 1.54) is 13.0 Å². The van der Waals surface area contributed by atoms with Gasteiger partial charge in [0.25, 0.3) is 0 Å². The SMILES string of the molecule is CCCN1CCC(NC(=O)CC(C)C)CC1. The Morgan fingerprint density at radius 1 is 1.38 bits per heavy atom. The molecule has 3 nitrogen and oxygen atoms in total. The Bertz CT molecular complexity index is 208. The van der Waals surface area contributed by atoms with Crippen molar-refractivity contribution in [3.63, 3.8) is 0 Å². The van der Waals surface area contributed by atoms with Crippen molar-refractivity contribution < 1.29 is 4.79 Å². The highest BCUT2D eigenvalue weighted by atomic mass is 16.1. The van der Waals surface area contributed by atoms with Crippen LogP contribution in [-0.2, 0) is 4.79 Å². The highest BCUT2D eigenvalue weighted by molar-refractivity contribution is 5.76. The summed E-state index contributed by atoms with van der Waals surface area (Å²) in [7, 11) is 0. The van der Waals surface area contributed by atoms with Crippen LogP contribution in [0.15, 0.2) is 0 Å². The van der Waals surface area contributed by atoms with Crippen LogP contribution in [0.5, 0.6) is 0 Å². The Balaban J connectivity index is 2.19. The van der Waals surface area contributed by atoms with Gasteiger partial charge in [-0.2, -0.15) is 0 Å². The molecular weight excluding hydrogens is 200 g/mol. The minimum Gasteiger partial charge on any atom is -0.353 e. The normalized spacial score (nSPS) is 19.0. The molecule has 1 N–H and O–H groups in total. The van der Waals surface area contributed by atoms with E-state index in [9.17, 15) is 4.79 Å². The Hall–Kier alpha value is -0.570. The Labute approximate surface area is 99.6 Å². The maximum absolute atomic E-state index is 11.6. The van der Waals surface area contributed by atoms with Gasteiger partial charge in [0.05, 0.1) is 0 Å². The number of nitrogens with one attached hydrogen (secondary N) is 1. The molecule has 16 heavy (non-hydrogen) atoms. The fraction of sp³-hybridized carbons (Fsp3) is 0.923. The molecule has 1 rings (SSSR count). The molecule has 1 aliphatic rings. The summed E-state index contributed by atoms with van der Waals surface area (Å²) in [5, 5.41) is 3.15. The largest absolute Gasteiger partial charge is 0.353 e. The zero-order valence-corrected chi connectivity index (χ0v) is 11.0. The molecule has 0 aromatic heterocycles. The molecule has 0 radical (unpaired) electrons. The maximum Gasteiger partial charge on any atom is 0.220 e. The molecular formula is C13H26N2O. The monoisotopic (exact) mass is 226 g/mol. The number of rotatable bonds is 5. The van der Waals surface area contributed by atoms with E-state index in [0.29, 0.717) is 18.4 Å². The second-order valence-electron chi connectivity index (χ2n) is 5.28. The van der Waals surface area contributed by atoms with E-state index in [1.807, 2.05) is 0 Å². The second-order valence-corrected chi connectivity index (χ2v) is 5.28. The molecule has 94 valence electrons. The lowest BCUT2D eigenvalue weighted by atomic mass is 10.0. The van der Waals surface area contributed by atoms with Gasteiger partial charge < -0.3 is 10.2 Å². The van der Waals surface area contributed by atoms with Gasteiger partial charge >= 0.3 is 0 Å². The molecule has 0 saturated carbocycles. The van der Waals surface area contributed by atoms with Gasteiger partial charge in [0, 0.05) is 25.6 Å². The third kappa shape index (κ3) is 4.97. The van der Waals surface area contributed by atoms with Gasteiger partial charge in [-0.25, -0.2) is 0 Å². The number of amides is 1. The molecule has 0 aliphatic carbocycles. The summed E-state index contributed by atoms with van der Waals surface area (Å²) in [5.74, 6) is 0.684. The zero-order valence-electron chi connectivity index (χ0n) is 11.0. The standard InChI is InChI=1S/C13H26N2O/c1-4-7-15-8-5-12(6-9-15)14-13(16)10-11(2)3/h11-12H,4-10H2,1-3H3,(H,14,16). The molecule has 0 spiro atoms. The minimum absolute atomic E-state index is 0.226. The average molecular weight is 226 g/mol. The van der Waals surface area contributed by atoms with Crippen LogP contribution in [0.4, 0.5) is 0 Å². The van der Waals surface area contributed by atoms with Crippen molar-refractivity contribution in [2.75, 3.05) is 19.6 Å². The van der Waals surface area contributed by atoms with Crippen LogP contribution >= 0.6 is 0 Å². The van der Waals surface area contributed by atoms with Gasteiger partial charge in [-0.1, -0.05) is 20.8 Å². The lowest BCUT2D eigenvalue weighted by Crippen LogP contribution is -2.44. The van der Waals surface area contributed by atoms with Crippen molar-refractivity contribution in [3.8, 4) is 0 Å². The van der Waals surface area contributed by atoms with Crippen LogP contribution in [0.1, 0.15) is 46.5 Å². The number of carbonyl (C=O) groups excluding carboxylic acids is 1. The average Bonchev–Trinajstić information content (AvgIpc) is 2.20. The highest BCUT2D eigenvalue weighted by Gasteiger charge is 2.19. The van der Waals surface area contributed by atoms with Crippen molar-refractivity contribution in [2.45, 2.75) is 52.5 Å². The number of nitrogens with zero attached hydrogens (tertiary/aromatic N) is 1. The van der Waals surface area contributed by atoms with Crippen LogP contribution in [0.2, 0.25) is 0 Å². The molecule has 1 heterocycles. The second kappa shape index (κ2) is 6.89. The molecule has 1 amide bonds. The van der Waals surface area contributed by atoms with Crippen molar-refractivity contribution >= 4 is 5.91 Å². The van der Waals surface area contributed by atoms with Gasteiger partial charge in [-0.3, -0.25) is 4.79 Å². The summed E-state index contributed by atoms with van der Waals surface area (Å²) in [4.78, 5) is 14.1. The van der Waals surface area contributed by atoms with E-state index in [0.717, 1.165) is 25.9 Å². The molecule has 1 fully saturated rings. The quantitative estimate of drug-likeness (QED) is 0.778. The van der Waals surface area contributed by atoms with Gasteiger partial charge in [-0.15, -0.1) is 0 Å². The number of hydrogen-bond donors (Lipinski definition) is 1. The van der Waals surface area contributed by atoms with Gasteiger partial charge in [-0.05, 0) is 31.7 Å². The van der Waals surface area contributed by atoms with Crippen LogP contribution in [0, 0.1) is 5.92 Å². The van der Waals surface area contributed by atoms with Crippen LogP contribution in [0.3, 0.4) is 0 Å². The Morgan fingerprint density at radius 3 is 2.50 bits per heavy atom. The summed E-state index contributed by atoms with van der Waals surface area (Å²) in [5.41, 5.74) is 0. The predicted molar refractivity (Wildman–Crippen MR) is 67.4 cm³/mol. The van der Waals surface area contributed by atoms with Crippen molar-refractivity contribution in [2.24, 2.45) is 5.92 Å². The molecule has 0 atom stereocenters. The van der Waals surface area contributed by atoms with E-state index in [1.54, 1.807) is 0 Å². The van der Waals surface area contributed by atoms with Crippen molar-refractivity contribution in [1.82, 2.24) is 10.2 Å². The molecule has 1 aliphatic heterocycles. The van der Waals surface area contributed by atoms with E-state index in [-0.39, 0.29) is 5.91 Å². The van der Waals surface area contributed by atoms with Crippen LogP contribution < -0.4 is 5.32 Å². The Kier molecular flexibility index (Phi) is 5.81. The summed E-state index contributed by atoms with van der Waals surface area (Å²) in [6, 6.07) is 0.416. The molecule has 0 bridgehead atoms. The van der Waals surface area contributed by atoms with Crippen molar-refractivity contribution in [1.29, 1.82) is 0 Å². The van der Waals surface area contributed by atoms with Gasteiger partial charge in [0.1, 0.15) is 0 Å². The van der Waals surface area contributed by atoms with E-state index in [4.69, 9.17) is 0 Å². The van der Waals surface area contributed by atoms with Gasteiger partial charge in [0.15, 0.2) is 0 Å². The first-order valence-corrected chi connectivity index (χ1v) is 6.63. The zero-order chi connectivity index (χ0) is 12.0. The minimum atomic E-state index is 0.226. The summed E-state index contributed by atoms with van der Waals surface area (Å²) in [6.45, 7) is 9.87. The highest BCUT2D eigenvalue weighted by Crippen LogP contribution is 2.11. The van der Waals surface area contributed by atoms with E-state index >= 15 is 0 Å². The van der Waals surface area contributed by atoms with Crippen LogP contribution in [-0.4, -0.2) is 36.5 Å². The van der Waals surface area contributed by atoms with Crippen molar-refractivity contribution in [3.05, 3.63) is 0 Å². The number of likely N-dealkylation sites (tertiary alicyclic amines) is 1. The maximum atomic E-state index is 11.6. The van der Waals surface area contributed by atoms with Gasteiger partial charge in [0.2, 0.25) is 5.91 Å². The molecule has 0 aromatic carbocycles. The first kappa shape index (κ1) is 13.5. The fourth-order valence-electron chi connectivity index (χ4n) is 2.27. The summed E-state index contributed by atoms with van der Waals surface area (Å²) in [6.07, 6.45) is 4.12. The van der Waals surface area contributed by atoms with E-state index < -0.39 is 0 Å². The molecule has 0 aromatic rings. The topological polar surface area (TPSA) is 32.3 Å². The van der Waals surface area contributed by atoms with E-state index in [2.05, 4.69) is 31.0 Å². The Morgan fingerprint density at radius 2 is 2.00 bits per heavy atom. The molecule has 0 unspecified atom stereocenters. The smallest absolute Gasteiger partial charge is 0.220 e.